The molecule has 1 aliphatic heterocycles. The first kappa shape index (κ1) is 19.7. The quantitative estimate of drug-likeness (QED) is 0.193. The van der Waals surface area contributed by atoms with Crippen LogP contribution < -0.4 is 5.32 Å². The van der Waals surface area contributed by atoms with Gasteiger partial charge in [-0.3, -0.25) is 0 Å². The van der Waals surface area contributed by atoms with Crippen LogP contribution in [0, 0.1) is 0 Å². The van der Waals surface area contributed by atoms with Crippen molar-refractivity contribution >= 4 is 55.7 Å². The van der Waals surface area contributed by atoms with Crippen LogP contribution in [-0.4, -0.2) is 4.57 Å². The Bertz CT molecular complexity index is 4050. The van der Waals surface area contributed by atoms with E-state index in [9.17, 15) is 9.60 Å². The average Bonchev–Trinajstić information content (AvgIpc) is 3.89. The van der Waals surface area contributed by atoms with E-state index in [1.165, 1.54) is 0 Å². The zero-order valence-corrected chi connectivity index (χ0v) is 30.0. The number of hydrogen-bond donors (Lipinski definition) is 1. The van der Waals surface area contributed by atoms with Gasteiger partial charge in [0.15, 0.2) is 0 Å². The van der Waals surface area contributed by atoms with Crippen molar-refractivity contribution in [3.05, 3.63) is 222 Å². The van der Waals surface area contributed by atoms with Crippen LogP contribution in [-0.2, 0) is 5.41 Å². The van der Waals surface area contributed by atoms with Crippen molar-refractivity contribution in [1.29, 1.82) is 0 Å². The number of rotatable bonds is 4. The highest BCUT2D eigenvalue weighted by Gasteiger charge is 2.50. The summed E-state index contributed by atoms with van der Waals surface area (Å²) >= 11 is 1.59. The Morgan fingerprint density at radius 3 is 1.91 bits per heavy atom. The third kappa shape index (κ3) is 4.52. The van der Waals surface area contributed by atoms with Gasteiger partial charge in [0, 0.05) is 37.6 Å². The standard InChI is InChI=1S/C53H34N2S/c1-2-14-40(15-3-1)55-49-21-11-8-18-43(49)44-28-24-37(31-50(44)55)34-22-25-38(26-23-34)54-39-27-29-47-52(33-39)56-51-32-36-13-5-4-12-35(36)30-48(51)53(47)45-19-9-6-16-41(45)42-17-7-10-20-46(42)53/h1-33,54H/i1D,2D,3D,8D,11D,14D,15D,18D,21D,22D,23D,24D,25D,26D,28D,31D. The Balaban J connectivity index is 1.05. The van der Waals surface area contributed by atoms with Crippen molar-refractivity contribution in [1.82, 2.24) is 4.57 Å². The van der Waals surface area contributed by atoms with Crippen LogP contribution in [0.3, 0.4) is 0 Å². The van der Waals surface area contributed by atoms with E-state index in [-0.39, 0.29) is 16.5 Å². The molecule has 2 aliphatic rings. The van der Waals surface area contributed by atoms with Crippen molar-refractivity contribution in [3.8, 4) is 27.9 Å². The molecule has 9 aromatic carbocycles. The number of anilines is 2. The molecule has 10 aromatic rings. The van der Waals surface area contributed by atoms with E-state index in [1.807, 2.05) is 42.5 Å². The molecule has 1 aliphatic carbocycles. The molecular formula is C53H34N2S. The maximum atomic E-state index is 9.69. The van der Waals surface area contributed by atoms with Crippen LogP contribution in [0.4, 0.5) is 11.4 Å². The molecule has 3 heteroatoms. The molecule has 1 aromatic heterocycles. The van der Waals surface area contributed by atoms with Gasteiger partial charge in [-0.1, -0.05) is 151 Å². The van der Waals surface area contributed by atoms with E-state index in [0.717, 1.165) is 58.5 Å². The molecule has 0 amide bonds. The lowest BCUT2D eigenvalue weighted by Gasteiger charge is -2.40. The Hall–Kier alpha value is -6.81. The second-order valence-electron chi connectivity index (χ2n) is 13.7. The molecule has 2 nitrogen and oxygen atoms in total. The Morgan fingerprint density at radius 1 is 0.482 bits per heavy atom. The topological polar surface area (TPSA) is 17.0 Å². The Labute approximate surface area is 352 Å². The highest BCUT2D eigenvalue weighted by molar-refractivity contribution is 7.99. The number of hydrogen-bond acceptors (Lipinski definition) is 2. The summed E-state index contributed by atoms with van der Waals surface area (Å²) in [5.41, 5.74) is 3.61. The van der Waals surface area contributed by atoms with Gasteiger partial charge in [-0.25, -0.2) is 0 Å². The normalized spacial score (nSPS) is 17.4. The fraction of sp³-hybridized carbons (Fsp3) is 0.0189. The van der Waals surface area contributed by atoms with E-state index in [0.29, 0.717) is 5.69 Å². The van der Waals surface area contributed by atoms with E-state index in [1.54, 1.807) is 11.8 Å². The average molecular weight is 747 g/mol. The number of para-hydroxylation sites is 2. The first-order valence-corrected chi connectivity index (χ1v) is 18.8. The zero-order chi connectivity index (χ0) is 50.7. The van der Waals surface area contributed by atoms with Gasteiger partial charge in [0.05, 0.1) is 38.4 Å². The van der Waals surface area contributed by atoms with Crippen LogP contribution in [0.1, 0.15) is 44.2 Å². The Kier molecular flexibility index (Phi) is 4.25. The molecule has 12 rings (SSSR count). The van der Waals surface area contributed by atoms with Gasteiger partial charge in [-0.15, -0.1) is 0 Å². The lowest BCUT2D eigenvalue weighted by molar-refractivity contribution is 0.724. The van der Waals surface area contributed by atoms with Gasteiger partial charge >= 0.3 is 0 Å². The molecule has 0 unspecified atom stereocenters. The molecule has 0 atom stereocenters. The molecule has 56 heavy (non-hydrogen) atoms. The van der Waals surface area contributed by atoms with Gasteiger partial charge in [0.2, 0.25) is 0 Å². The van der Waals surface area contributed by atoms with E-state index in [2.05, 4.69) is 66.0 Å². The molecule has 1 N–H and O–H groups in total. The van der Waals surface area contributed by atoms with Crippen LogP contribution >= 0.6 is 11.8 Å². The molecule has 0 saturated heterocycles. The van der Waals surface area contributed by atoms with Crippen LogP contribution in [0.15, 0.2) is 210 Å². The molecule has 262 valence electrons. The summed E-state index contributed by atoms with van der Waals surface area (Å²) in [5, 5.41) is 4.61. The van der Waals surface area contributed by atoms with Gasteiger partial charge in [-0.2, -0.15) is 0 Å². The fourth-order valence-electron chi connectivity index (χ4n) is 8.53. The van der Waals surface area contributed by atoms with E-state index in [4.69, 9.17) is 12.3 Å². The lowest BCUT2D eigenvalue weighted by atomic mass is 9.67. The highest BCUT2D eigenvalue weighted by atomic mass is 32.2. The predicted octanol–water partition coefficient (Wildman–Crippen LogP) is 14.2. The molecule has 2 heterocycles. The van der Waals surface area contributed by atoms with Crippen molar-refractivity contribution in [2.75, 3.05) is 5.32 Å². The number of nitrogens with one attached hydrogen (secondary N) is 1. The molecule has 0 bridgehead atoms. The second kappa shape index (κ2) is 12.1. The third-order valence-corrected chi connectivity index (χ3v) is 11.9. The van der Waals surface area contributed by atoms with Crippen LogP contribution in [0.2, 0.25) is 0 Å². The molecule has 1 spiro atoms. The zero-order valence-electron chi connectivity index (χ0n) is 45.2. The number of benzene rings is 9. The number of aromatic nitrogens is 1. The summed E-state index contributed by atoms with van der Waals surface area (Å²) < 4.78 is 144. The van der Waals surface area contributed by atoms with E-state index < -0.39 is 130 Å². The predicted molar refractivity (Wildman–Crippen MR) is 235 cm³/mol. The summed E-state index contributed by atoms with van der Waals surface area (Å²) in [6.45, 7) is 0. The number of fused-ring (bicyclic) bond motifs is 13. The van der Waals surface area contributed by atoms with Crippen molar-refractivity contribution in [2.24, 2.45) is 0 Å². The molecule has 0 saturated carbocycles. The summed E-state index contributed by atoms with van der Waals surface area (Å²) in [5.74, 6) is 0. The van der Waals surface area contributed by atoms with Crippen molar-refractivity contribution in [2.45, 2.75) is 15.2 Å². The molecule has 0 radical (unpaired) electrons. The Morgan fingerprint density at radius 2 is 1.12 bits per heavy atom. The minimum atomic E-state index is -0.791. The summed E-state index contributed by atoms with van der Waals surface area (Å²) in [6.07, 6.45) is 0. The smallest absolute Gasteiger partial charge is 0.0735 e. The molecule has 0 fully saturated rings. The minimum absolute atomic E-state index is 0.214. The third-order valence-electron chi connectivity index (χ3n) is 10.8. The van der Waals surface area contributed by atoms with Gasteiger partial charge < -0.3 is 9.88 Å². The SMILES string of the molecule is [2H]c1c([2H])c([2H])c(-n2c3c([2H])c([2H])c([2H])c([2H])c3c3c([2H])c([2H])c(-c4c([2H])c([2H])c(Nc5ccc6c(c5)Sc5cc7ccccc7cc5C65c6ccccc6-c6ccccc65)c([2H])c4[2H])c([2H])c32)c([2H])c1[2H]. The minimum Gasteiger partial charge on any atom is -0.355 e. The number of nitrogens with zero attached hydrogens (tertiary/aromatic N) is 1. The van der Waals surface area contributed by atoms with E-state index >= 15 is 0 Å². The summed E-state index contributed by atoms with van der Waals surface area (Å²) in [4.78, 5) is 1.94. The maximum Gasteiger partial charge on any atom is 0.0735 e. The monoisotopic (exact) mass is 746 g/mol. The molecular weight excluding hydrogens is 697 g/mol. The van der Waals surface area contributed by atoms with Gasteiger partial charge in [0.25, 0.3) is 0 Å². The second-order valence-corrected chi connectivity index (χ2v) is 14.8. The van der Waals surface area contributed by atoms with Crippen molar-refractivity contribution < 1.29 is 21.9 Å². The first-order chi connectivity index (χ1) is 34.4. The van der Waals surface area contributed by atoms with Crippen molar-refractivity contribution in [3.63, 3.8) is 0 Å². The van der Waals surface area contributed by atoms with Crippen LogP contribution in [0.25, 0.3) is 60.5 Å². The van der Waals surface area contributed by atoms with Gasteiger partial charge in [-0.05, 0) is 116 Å². The lowest BCUT2D eigenvalue weighted by Crippen LogP contribution is -2.32. The maximum absolute atomic E-state index is 9.69. The van der Waals surface area contributed by atoms with Crippen LogP contribution in [0.5, 0.6) is 0 Å². The summed E-state index contributed by atoms with van der Waals surface area (Å²) in [7, 11) is 0. The van der Waals surface area contributed by atoms with Gasteiger partial charge in [0.1, 0.15) is 0 Å². The summed E-state index contributed by atoms with van der Waals surface area (Å²) in [6, 6.07) is 23.8. The first-order valence-electron chi connectivity index (χ1n) is 26.0. The highest BCUT2D eigenvalue weighted by Crippen LogP contribution is 2.62. The fourth-order valence-corrected chi connectivity index (χ4v) is 9.79. The largest absolute Gasteiger partial charge is 0.355 e.